The summed E-state index contributed by atoms with van der Waals surface area (Å²) in [5, 5.41) is 14.5. The minimum atomic E-state index is -0.499. The van der Waals surface area contributed by atoms with Gasteiger partial charge in [0.2, 0.25) is 11.8 Å². The van der Waals surface area contributed by atoms with Crippen molar-refractivity contribution in [1.82, 2.24) is 5.32 Å². The van der Waals surface area contributed by atoms with Crippen molar-refractivity contribution in [2.75, 3.05) is 5.32 Å². The predicted octanol–water partition coefficient (Wildman–Crippen LogP) is 4.21. The molecule has 1 atom stereocenters. The van der Waals surface area contributed by atoms with Gasteiger partial charge >= 0.3 is 0 Å². The highest BCUT2D eigenvalue weighted by atomic mass is 35.5. The van der Waals surface area contributed by atoms with Gasteiger partial charge in [0.1, 0.15) is 5.25 Å². The van der Waals surface area contributed by atoms with Crippen LogP contribution < -0.4 is 10.6 Å². The smallest absolute Gasteiger partial charge is 0.240 e. The van der Waals surface area contributed by atoms with Crippen molar-refractivity contribution in [1.29, 1.82) is 0 Å². The van der Waals surface area contributed by atoms with Crippen molar-refractivity contribution in [2.45, 2.75) is 50.7 Å². The largest absolute Gasteiger partial charge is 0.326 e. The maximum absolute atomic E-state index is 12.2. The van der Waals surface area contributed by atoms with Crippen LogP contribution in [0.4, 0.5) is 5.69 Å². The number of carbonyl (C=O) groups is 2. The van der Waals surface area contributed by atoms with Gasteiger partial charge in [-0.2, -0.15) is 5.10 Å². The molecular formula is C19H23ClN4O2S. The highest BCUT2D eigenvalue weighted by molar-refractivity contribution is 8.15. The summed E-state index contributed by atoms with van der Waals surface area (Å²) in [5.41, 5.74) is 1.66. The minimum Gasteiger partial charge on any atom is -0.326 e. The van der Waals surface area contributed by atoms with Crippen LogP contribution in [-0.4, -0.2) is 27.9 Å². The SMILES string of the molecule is CC(=N/N=C1\NC(=O)C(CC(=O)Nc2ccc(Cl)cc2)S1)C1CCCCC1. The molecule has 1 aromatic rings. The van der Waals surface area contributed by atoms with E-state index in [1.807, 2.05) is 6.92 Å². The molecule has 1 aliphatic heterocycles. The topological polar surface area (TPSA) is 82.9 Å². The molecule has 1 saturated carbocycles. The number of nitrogens with zero attached hydrogens (tertiary/aromatic N) is 2. The minimum absolute atomic E-state index is 0.0729. The second-order valence-corrected chi connectivity index (χ2v) is 8.46. The molecule has 8 heteroatoms. The monoisotopic (exact) mass is 406 g/mol. The summed E-state index contributed by atoms with van der Waals surface area (Å²) < 4.78 is 0. The van der Waals surface area contributed by atoms with Gasteiger partial charge in [0.25, 0.3) is 0 Å². The third kappa shape index (κ3) is 5.81. The van der Waals surface area contributed by atoms with Gasteiger partial charge in [-0.1, -0.05) is 42.6 Å². The molecule has 2 N–H and O–H groups in total. The summed E-state index contributed by atoms with van der Waals surface area (Å²) in [6.45, 7) is 2.00. The zero-order valence-electron chi connectivity index (χ0n) is 15.2. The number of rotatable bonds is 5. The number of anilines is 1. The van der Waals surface area contributed by atoms with Crippen molar-refractivity contribution >= 4 is 51.7 Å². The average Bonchev–Trinajstić information content (AvgIpc) is 3.01. The van der Waals surface area contributed by atoms with Gasteiger partial charge < -0.3 is 10.6 Å². The van der Waals surface area contributed by atoms with E-state index in [9.17, 15) is 9.59 Å². The van der Waals surface area contributed by atoms with Crippen LogP contribution in [-0.2, 0) is 9.59 Å². The van der Waals surface area contributed by atoms with Crippen LogP contribution in [0.5, 0.6) is 0 Å². The van der Waals surface area contributed by atoms with Gasteiger partial charge in [-0.05, 0) is 49.9 Å². The Morgan fingerprint density at radius 2 is 1.96 bits per heavy atom. The summed E-state index contributed by atoms with van der Waals surface area (Å²) in [6.07, 6.45) is 6.17. The van der Waals surface area contributed by atoms with E-state index in [1.54, 1.807) is 24.3 Å². The van der Waals surface area contributed by atoms with E-state index >= 15 is 0 Å². The van der Waals surface area contributed by atoms with Crippen molar-refractivity contribution in [2.24, 2.45) is 16.1 Å². The normalized spacial score (nSPS) is 22.7. The number of halogens is 1. The number of carbonyl (C=O) groups excluding carboxylic acids is 2. The van der Waals surface area contributed by atoms with Crippen LogP contribution in [0.25, 0.3) is 0 Å². The van der Waals surface area contributed by atoms with E-state index in [1.165, 1.54) is 31.0 Å². The maximum atomic E-state index is 12.2. The molecule has 27 heavy (non-hydrogen) atoms. The highest BCUT2D eigenvalue weighted by Gasteiger charge is 2.32. The molecule has 0 spiro atoms. The summed E-state index contributed by atoms with van der Waals surface area (Å²) >= 11 is 7.08. The molecule has 3 rings (SSSR count). The fourth-order valence-electron chi connectivity index (χ4n) is 3.23. The second-order valence-electron chi connectivity index (χ2n) is 6.84. The number of benzene rings is 1. The van der Waals surface area contributed by atoms with E-state index in [0.717, 1.165) is 18.6 Å². The molecule has 0 radical (unpaired) electrons. The third-order valence-electron chi connectivity index (χ3n) is 4.77. The third-order valence-corrected chi connectivity index (χ3v) is 6.09. The van der Waals surface area contributed by atoms with Crippen molar-refractivity contribution in [3.8, 4) is 0 Å². The number of hydrogen-bond acceptors (Lipinski definition) is 5. The number of hydrogen-bond donors (Lipinski definition) is 2. The van der Waals surface area contributed by atoms with E-state index < -0.39 is 5.25 Å². The Morgan fingerprint density at radius 1 is 1.26 bits per heavy atom. The fourth-order valence-corrected chi connectivity index (χ4v) is 4.27. The molecule has 1 aliphatic carbocycles. The molecular weight excluding hydrogens is 384 g/mol. The molecule has 2 aliphatic rings. The van der Waals surface area contributed by atoms with Crippen LogP contribution in [0, 0.1) is 5.92 Å². The molecule has 144 valence electrons. The van der Waals surface area contributed by atoms with Crippen molar-refractivity contribution in [3.05, 3.63) is 29.3 Å². The van der Waals surface area contributed by atoms with Gasteiger partial charge in [-0.15, -0.1) is 5.10 Å². The van der Waals surface area contributed by atoms with Gasteiger partial charge in [-0.25, -0.2) is 0 Å². The summed E-state index contributed by atoms with van der Waals surface area (Å²) in [5.74, 6) is 0.0507. The van der Waals surface area contributed by atoms with Crippen LogP contribution in [0.1, 0.15) is 45.4 Å². The van der Waals surface area contributed by atoms with E-state index in [0.29, 0.717) is 21.8 Å². The molecule has 1 unspecified atom stereocenters. The van der Waals surface area contributed by atoms with E-state index in [4.69, 9.17) is 11.6 Å². The molecule has 0 bridgehead atoms. The molecule has 1 aromatic carbocycles. The Balaban J connectivity index is 1.53. The number of nitrogens with one attached hydrogen (secondary N) is 2. The Labute approximate surface area is 168 Å². The van der Waals surface area contributed by atoms with Crippen molar-refractivity contribution < 1.29 is 9.59 Å². The standard InChI is InChI=1S/C19H23ClN4O2S/c1-12(13-5-3-2-4-6-13)23-24-19-22-18(26)16(27-19)11-17(25)21-15-9-7-14(20)8-10-15/h7-10,13,16H,2-6,11H2,1H3,(H,21,25)(H,22,24,26). The number of amides is 2. The molecule has 2 fully saturated rings. The quantitative estimate of drug-likeness (QED) is 0.567. The maximum Gasteiger partial charge on any atom is 0.240 e. The lowest BCUT2D eigenvalue weighted by Crippen LogP contribution is -2.28. The van der Waals surface area contributed by atoms with E-state index in [-0.39, 0.29) is 18.2 Å². The van der Waals surface area contributed by atoms with Crippen LogP contribution >= 0.6 is 23.4 Å². The lowest BCUT2D eigenvalue weighted by atomic mass is 9.86. The zero-order chi connectivity index (χ0) is 19.2. The van der Waals surface area contributed by atoms with Gasteiger partial charge in [-0.3, -0.25) is 9.59 Å². The second kappa shape index (κ2) is 9.37. The number of thioether (sulfide) groups is 1. The Bertz CT molecular complexity index is 757. The lowest BCUT2D eigenvalue weighted by molar-refractivity contribution is -0.122. The fraction of sp³-hybridized carbons (Fsp3) is 0.474. The summed E-state index contributed by atoms with van der Waals surface area (Å²) in [7, 11) is 0. The Kier molecular flexibility index (Phi) is 6.90. The van der Waals surface area contributed by atoms with Crippen LogP contribution in [0.15, 0.2) is 34.5 Å². The predicted molar refractivity (Wildman–Crippen MR) is 111 cm³/mol. The molecule has 2 amide bonds. The van der Waals surface area contributed by atoms with E-state index in [2.05, 4.69) is 20.8 Å². The first-order chi connectivity index (χ1) is 13.0. The van der Waals surface area contributed by atoms with Crippen LogP contribution in [0.2, 0.25) is 5.02 Å². The van der Waals surface area contributed by atoms with Gasteiger partial charge in [0.05, 0.1) is 0 Å². The first kappa shape index (κ1) is 19.9. The van der Waals surface area contributed by atoms with Crippen LogP contribution in [0.3, 0.4) is 0 Å². The highest BCUT2D eigenvalue weighted by Crippen LogP contribution is 2.26. The molecule has 1 heterocycles. The summed E-state index contributed by atoms with van der Waals surface area (Å²) in [6, 6.07) is 6.84. The Hall–Kier alpha value is -1.86. The summed E-state index contributed by atoms with van der Waals surface area (Å²) in [4.78, 5) is 24.3. The average molecular weight is 407 g/mol. The zero-order valence-corrected chi connectivity index (χ0v) is 16.8. The van der Waals surface area contributed by atoms with Gasteiger partial charge in [0.15, 0.2) is 5.17 Å². The first-order valence-corrected chi connectivity index (χ1v) is 10.4. The molecule has 0 aromatic heterocycles. The molecule has 1 saturated heterocycles. The number of amidine groups is 1. The molecule has 6 nitrogen and oxygen atoms in total. The first-order valence-electron chi connectivity index (χ1n) is 9.16. The Morgan fingerprint density at radius 3 is 2.67 bits per heavy atom. The van der Waals surface area contributed by atoms with Gasteiger partial charge in [0, 0.05) is 22.8 Å². The lowest BCUT2D eigenvalue weighted by Gasteiger charge is -2.20. The van der Waals surface area contributed by atoms with Crippen molar-refractivity contribution in [3.63, 3.8) is 0 Å².